The highest BCUT2D eigenvalue weighted by molar-refractivity contribution is 7.18. The monoisotopic (exact) mass is 415 g/mol. The van der Waals surface area contributed by atoms with Crippen LogP contribution in [-0.2, 0) is 12.8 Å². The minimum atomic E-state index is 0.856. The zero-order valence-corrected chi connectivity index (χ0v) is 19.1. The Morgan fingerprint density at radius 1 is 0.867 bits per heavy atom. The molecule has 4 rings (SSSR count). The Morgan fingerprint density at radius 2 is 1.63 bits per heavy atom. The van der Waals surface area contributed by atoms with Gasteiger partial charge in [-0.3, -0.25) is 0 Å². The molecule has 0 unspecified atom stereocenters. The van der Waals surface area contributed by atoms with Crippen LogP contribution in [0.4, 0.5) is 5.82 Å². The highest BCUT2D eigenvalue weighted by atomic mass is 32.1. The molecule has 0 saturated carbocycles. The zero-order valence-electron chi connectivity index (χ0n) is 18.2. The molecule has 0 aliphatic heterocycles. The molecule has 2 heterocycles. The summed E-state index contributed by atoms with van der Waals surface area (Å²) in [4.78, 5) is 11.7. The number of nitrogens with zero attached hydrogens (tertiary/aromatic N) is 2. The molecule has 0 radical (unpaired) electrons. The Kier molecular flexibility index (Phi) is 6.14. The molecule has 0 bridgehead atoms. The van der Waals surface area contributed by atoms with Gasteiger partial charge in [0.1, 0.15) is 16.5 Å². The van der Waals surface area contributed by atoms with E-state index in [1.54, 1.807) is 11.3 Å². The summed E-state index contributed by atoms with van der Waals surface area (Å²) in [6.07, 6.45) is 2.98. The van der Waals surface area contributed by atoms with Crippen LogP contribution in [0.5, 0.6) is 0 Å². The summed E-state index contributed by atoms with van der Waals surface area (Å²) in [6, 6.07) is 17.9. The van der Waals surface area contributed by atoms with Crippen LogP contribution in [0.15, 0.2) is 48.5 Å². The fraction of sp³-hybridized carbons (Fsp3) is 0.308. The summed E-state index contributed by atoms with van der Waals surface area (Å²) in [5.41, 5.74) is 6.62. The third-order valence-electron chi connectivity index (χ3n) is 5.61. The van der Waals surface area contributed by atoms with Crippen molar-refractivity contribution in [2.24, 2.45) is 0 Å². The van der Waals surface area contributed by atoms with Crippen LogP contribution in [0.2, 0.25) is 0 Å². The van der Waals surface area contributed by atoms with Crippen molar-refractivity contribution in [1.82, 2.24) is 9.97 Å². The number of thiophene rings is 1. The fourth-order valence-corrected chi connectivity index (χ4v) is 4.56. The van der Waals surface area contributed by atoms with Crippen molar-refractivity contribution in [1.29, 1.82) is 0 Å². The lowest BCUT2D eigenvalue weighted by atomic mass is 9.99. The van der Waals surface area contributed by atoms with Crippen LogP contribution < -0.4 is 5.32 Å². The van der Waals surface area contributed by atoms with Crippen molar-refractivity contribution < 1.29 is 0 Å². The van der Waals surface area contributed by atoms with Crippen molar-refractivity contribution in [3.63, 3.8) is 0 Å². The molecule has 0 aliphatic carbocycles. The molecule has 30 heavy (non-hydrogen) atoms. The third-order valence-corrected chi connectivity index (χ3v) is 6.55. The standard InChI is InChI=1S/C26H29N3S/c1-5-24-28-25(23-16-19(4)30-26(23)29-24)27-14-6-7-20-9-12-21(13-10-20)22-11-8-17(2)18(3)15-22/h8-13,15-16H,5-7,14H2,1-4H3,(H,27,28,29). The van der Waals surface area contributed by atoms with Gasteiger partial charge in [-0.05, 0) is 67.5 Å². The van der Waals surface area contributed by atoms with E-state index in [1.807, 2.05) is 0 Å². The van der Waals surface area contributed by atoms with Gasteiger partial charge in [-0.25, -0.2) is 9.97 Å². The van der Waals surface area contributed by atoms with E-state index >= 15 is 0 Å². The number of benzene rings is 2. The second-order valence-electron chi connectivity index (χ2n) is 7.94. The molecular formula is C26H29N3S. The topological polar surface area (TPSA) is 37.8 Å². The van der Waals surface area contributed by atoms with Crippen LogP contribution in [-0.4, -0.2) is 16.5 Å². The van der Waals surface area contributed by atoms with E-state index in [0.29, 0.717) is 0 Å². The van der Waals surface area contributed by atoms with E-state index in [0.717, 1.165) is 47.7 Å². The highest BCUT2D eigenvalue weighted by Crippen LogP contribution is 2.28. The van der Waals surface area contributed by atoms with Gasteiger partial charge in [-0.15, -0.1) is 11.3 Å². The lowest BCUT2D eigenvalue weighted by Crippen LogP contribution is -2.07. The van der Waals surface area contributed by atoms with Crippen LogP contribution in [0.25, 0.3) is 21.3 Å². The summed E-state index contributed by atoms with van der Waals surface area (Å²) in [5.74, 6) is 1.89. The summed E-state index contributed by atoms with van der Waals surface area (Å²) in [7, 11) is 0. The first-order valence-corrected chi connectivity index (χ1v) is 11.5. The van der Waals surface area contributed by atoms with Crippen LogP contribution in [0.1, 0.15) is 40.7 Å². The highest BCUT2D eigenvalue weighted by Gasteiger charge is 2.09. The number of hydrogen-bond donors (Lipinski definition) is 1. The first kappa shape index (κ1) is 20.5. The predicted molar refractivity (Wildman–Crippen MR) is 130 cm³/mol. The molecule has 2 aromatic heterocycles. The quantitative estimate of drug-likeness (QED) is 0.334. The Balaban J connectivity index is 1.37. The summed E-state index contributed by atoms with van der Waals surface area (Å²) < 4.78 is 0. The summed E-state index contributed by atoms with van der Waals surface area (Å²) >= 11 is 1.74. The Hall–Kier alpha value is -2.72. The van der Waals surface area contributed by atoms with Crippen LogP contribution in [0, 0.1) is 20.8 Å². The van der Waals surface area contributed by atoms with Crippen LogP contribution in [0.3, 0.4) is 0 Å². The van der Waals surface area contributed by atoms with Gasteiger partial charge in [0.25, 0.3) is 0 Å². The minimum absolute atomic E-state index is 0.856. The van der Waals surface area contributed by atoms with Gasteiger partial charge in [-0.2, -0.15) is 0 Å². The van der Waals surface area contributed by atoms with Gasteiger partial charge in [-0.1, -0.05) is 49.4 Å². The normalized spacial score (nSPS) is 11.2. The van der Waals surface area contributed by atoms with Gasteiger partial charge < -0.3 is 5.32 Å². The van der Waals surface area contributed by atoms with Gasteiger partial charge >= 0.3 is 0 Å². The number of hydrogen-bond acceptors (Lipinski definition) is 4. The Morgan fingerprint density at radius 3 is 2.37 bits per heavy atom. The second kappa shape index (κ2) is 8.97. The van der Waals surface area contributed by atoms with E-state index < -0.39 is 0 Å². The molecule has 0 saturated heterocycles. The van der Waals surface area contributed by atoms with E-state index in [1.165, 1.54) is 32.7 Å². The SMILES string of the molecule is CCc1nc(NCCCc2ccc(-c3ccc(C)c(C)c3)cc2)c2cc(C)sc2n1. The molecule has 3 nitrogen and oxygen atoms in total. The maximum Gasteiger partial charge on any atom is 0.138 e. The largest absolute Gasteiger partial charge is 0.369 e. The van der Waals surface area contributed by atoms with Crippen molar-refractivity contribution in [3.05, 3.63) is 75.9 Å². The van der Waals surface area contributed by atoms with Gasteiger partial charge in [0, 0.05) is 17.8 Å². The lowest BCUT2D eigenvalue weighted by Gasteiger charge is -2.09. The van der Waals surface area contributed by atoms with Crippen LogP contribution >= 0.6 is 11.3 Å². The first-order valence-electron chi connectivity index (χ1n) is 10.7. The number of nitrogens with one attached hydrogen (secondary N) is 1. The summed E-state index contributed by atoms with van der Waals surface area (Å²) in [5, 5.41) is 4.70. The maximum atomic E-state index is 4.72. The summed E-state index contributed by atoms with van der Waals surface area (Å²) in [6.45, 7) is 9.47. The van der Waals surface area contributed by atoms with Crippen molar-refractivity contribution >= 4 is 27.4 Å². The van der Waals surface area contributed by atoms with Gasteiger partial charge in [0.15, 0.2) is 0 Å². The number of aryl methyl sites for hydroxylation is 5. The van der Waals surface area contributed by atoms with Crippen molar-refractivity contribution in [2.45, 2.75) is 47.0 Å². The van der Waals surface area contributed by atoms with Crippen molar-refractivity contribution in [3.8, 4) is 11.1 Å². The van der Waals surface area contributed by atoms with E-state index in [-0.39, 0.29) is 0 Å². The average Bonchev–Trinajstić information content (AvgIpc) is 3.13. The molecule has 0 aliphatic rings. The number of anilines is 1. The predicted octanol–water partition coefficient (Wildman–Crippen LogP) is 6.89. The van der Waals surface area contributed by atoms with E-state index in [2.05, 4.69) is 86.5 Å². The van der Waals surface area contributed by atoms with E-state index in [9.17, 15) is 0 Å². The first-order chi connectivity index (χ1) is 14.5. The Bertz CT molecular complexity index is 1160. The Labute approximate surface area is 183 Å². The molecule has 4 aromatic rings. The average molecular weight is 416 g/mol. The second-order valence-corrected chi connectivity index (χ2v) is 9.18. The fourth-order valence-electron chi connectivity index (χ4n) is 3.66. The molecule has 2 aromatic carbocycles. The molecule has 4 heteroatoms. The molecule has 0 fully saturated rings. The zero-order chi connectivity index (χ0) is 21.1. The molecule has 0 spiro atoms. The van der Waals surface area contributed by atoms with Crippen molar-refractivity contribution in [2.75, 3.05) is 11.9 Å². The smallest absolute Gasteiger partial charge is 0.138 e. The third kappa shape index (κ3) is 4.54. The van der Waals surface area contributed by atoms with E-state index in [4.69, 9.17) is 4.98 Å². The minimum Gasteiger partial charge on any atom is -0.369 e. The molecular weight excluding hydrogens is 386 g/mol. The molecule has 1 N–H and O–H groups in total. The van der Waals surface area contributed by atoms with Gasteiger partial charge in [0.05, 0.1) is 5.39 Å². The maximum absolute atomic E-state index is 4.72. The molecule has 154 valence electrons. The lowest BCUT2D eigenvalue weighted by molar-refractivity contribution is 0.855. The number of fused-ring (bicyclic) bond motifs is 1. The number of aromatic nitrogens is 2. The number of rotatable bonds is 7. The molecule has 0 amide bonds. The molecule has 0 atom stereocenters. The van der Waals surface area contributed by atoms with Gasteiger partial charge in [0.2, 0.25) is 0 Å².